The van der Waals surface area contributed by atoms with Gasteiger partial charge >= 0.3 is 0 Å². The number of nitrogens with one attached hydrogen (secondary N) is 2. The SMILES string of the molecule is CC(=O)NCc1ccc(-c2csc(NC(=O)c3ccc4c(c3)C(=O)N(C(C)C)C4=O)n2)cc1. The Morgan fingerprint density at radius 1 is 1.03 bits per heavy atom. The molecule has 2 aromatic carbocycles. The Bertz CT molecular complexity index is 1260. The second-order valence-corrected chi connectivity index (χ2v) is 8.79. The van der Waals surface area contributed by atoms with E-state index in [9.17, 15) is 19.2 Å². The molecule has 2 heterocycles. The van der Waals surface area contributed by atoms with Gasteiger partial charge in [0.1, 0.15) is 0 Å². The number of carbonyl (C=O) groups excluding carboxylic acids is 4. The lowest BCUT2D eigenvalue weighted by atomic mass is 10.1. The molecule has 0 fully saturated rings. The number of hydrogen-bond acceptors (Lipinski definition) is 6. The smallest absolute Gasteiger partial charge is 0.261 e. The maximum Gasteiger partial charge on any atom is 0.261 e. The van der Waals surface area contributed by atoms with Gasteiger partial charge < -0.3 is 5.32 Å². The standard InChI is InChI=1S/C24H22N4O4S/c1-13(2)28-22(31)18-9-8-17(10-19(18)23(28)32)21(30)27-24-26-20(12-33-24)16-6-4-15(5-7-16)11-25-14(3)29/h4-10,12-13H,11H2,1-3H3,(H,25,29)(H,26,27,30). The molecule has 0 saturated heterocycles. The Labute approximate surface area is 194 Å². The minimum Gasteiger partial charge on any atom is -0.352 e. The summed E-state index contributed by atoms with van der Waals surface area (Å²) in [6.45, 7) is 5.47. The molecule has 33 heavy (non-hydrogen) atoms. The van der Waals surface area contributed by atoms with Crippen LogP contribution in [0.4, 0.5) is 5.13 Å². The number of hydrogen-bond donors (Lipinski definition) is 2. The molecular formula is C24H22N4O4S. The van der Waals surface area contributed by atoms with Crippen LogP contribution in [0.1, 0.15) is 57.4 Å². The highest BCUT2D eigenvalue weighted by molar-refractivity contribution is 7.14. The van der Waals surface area contributed by atoms with E-state index in [2.05, 4.69) is 15.6 Å². The number of thiazole rings is 1. The number of benzene rings is 2. The Balaban J connectivity index is 1.46. The first-order chi connectivity index (χ1) is 15.7. The monoisotopic (exact) mass is 462 g/mol. The molecule has 1 aromatic heterocycles. The van der Waals surface area contributed by atoms with Crippen molar-refractivity contribution in [2.75, 3.05) is 5.32 Å². The van der Waals surface area contributed by atoms with Crippen molar-refractivity contribution in [2.45, 2.75) is 33.4 Å². The van der Waals surface area contributed by atoms with Gasteiger partial charge in [-0.3, -0.25) is 29.4 Å². The Hall–Kier alpha value is -3.85. The van der Waals surface area contributed by atoms with Crippen LogP contribution >= 0.6 is 11.3 Å². The number of amides is 4. The largest absolute Gasteiger partial charge is 0.352 e. The highest BCUT2D eigenvalue weighted by atomic mass is 32.1. The third-order valence-electron chi connectivity index (χ3n) is 5.21. The number of rotatable bonds is 6. The third kappa shape index (κ3) is 4.54. The predicted octanol–water partition coefficient (Wildman–Crippen LogP) is 3.70. The summed E-state index contributed by atoms with van der Waals surface area (Å²) in [5, 5.41) is 7.76. The number of aromatic nitrogens is 1. The molecule has 0 saturated carbocycles. The molecule has 1 aliphatic rings. The fourth-order valence-corrected chi connectivity index (χ4v) is 4.24. The van der Waals surface area contributed by atoms with Gasteiger partial charge in [0.05, 0.1) is 16.8 Å². The maximum atomic E-state index is 12.7. The van der Waals surface area contributed by atoms with Crippen molar-refractivity contribution in [1.82, 2.24) is 15.2 Å². The molecule has 2 N–H and O–H groups in total. The van der Waals surface area contributed by atoms with E-state index in [4.69, 9.17) is 0 Å². The second-order valence-electron chi connectivity index (χ2n) is 7.93. The van der Waals surface area contributed by atoms with E-state index in [1.54, 1.807) is 13.8 Å². The fourth-order valence-electron chi connectivity index (χ4n) is 3.52. The molecule has 0 radical (unpaired) electrons. The van der Waals surface area contributed by atoms with Crippen molar-refractivity contribution in [3.8, 4) is 11.3 Å². The van der Waals surface area contributed by atoms with Crippen molar-refractivity contribution in [2.24, 2.45) is 0 Å². The van der Waals surface area contributed by atoms with Crippen LogP contribution in [-0.4, -0.2) is 39.6 Å². The van der Waals surface area contributed by atoms with Gasteiger partial charge in [0.2, 0.25) is 5.91 Å². The molecule has 0 aliphatic carbocycles. The van der Waals surface area contributed by atoms with E-state index in [1.807, 2.05) is 29.6 Å². The molecule has 8 nitrogen and oxygen atoms in total. The van der Waals surface area contributed by atoms with E-state index < -0.39 is 11.8 Å². The summed E-state index contributed by atoms with van der Waals surface area (Å²) in [5.41, 5.74) is 3.39. The fraction of sp³-hybridized carbons (Fsp3) is 0.208. The molecular weight excluding hydrogens is 440 g/mol. The van der Waals surface area contributed by atoms with Crippen LogP contribution in [0, 0.1) is 0 Å². The zero-order chi connectivity index (χ0) is 23.7. The highest BCUT2D eigenvalue weighted by Gasteiger charge is 2.37. The molecule has 1 aliphatic heterocycles. The number of carbonyl (C=O) groups is 4. The highest BCUT2D eigenvalue weighted by Crippen LogP contribution is 2.28. The maximum absolute atomic E-state index is 12.7. The second kappa shape index (κ2) is 8.95. The quantitative estimate of drug-likeness (QED) is 0.543. The molecule has 9 heteroatoms. The van der Waals surface area contributed by atoms with Crippen molar-refractivity contribution >= 4 is 40.1 Å². The first kappa shape index (κ1) is 22.3. The number of anilines is 1. The van der Waals surface area contributed by atoms with Crippen LogP contribution in [0.3, 0.4) is 0 Å². The summed E-state index contributed by atoms with van der Waals surface area (Å²) in [4.78, 5) is 54.5. The van der Waals surface area contributed by atoms with Crippen molar-refractivity contribution in [1.29, 1.82) is 0 Å². The minimum absolute atomic E-state index is 0.0875. The summed E-state index contributed by atoms with van der Waals surface area (Å²) >= 11 is 1.29. The summed E-state index contributed by atoms with van der Waals surface area (Å²) in [6.07, 6.45) is 0. The van der Waals surface area contributed by atoms with Crippen LogP contribution in [0.2, 0.25) is 0 Å². The van der Waals surface area contributed by atoms with E-state index >= 15 is 0 Å². The predicted molar refractivity (Wildman–Crippen MR) is 125 cm³/mol. The number of fused-ring (bicyclic) bond motifs is 1. The summed E-state index contributed by atoms with van der Waals surface area (Å²) in [5.74, 6) is -1.23. The molecule has 0 unspecified atom stereocenters. The van der Waals surface area contributed by atoms with Crippen LogP contribution in [-0.2, 0) is 11.3 Å². The number of imide groups is 1. The zero-order valence-electron chi connectivity index (χ0n) is 18.3. The molecule has 0 spiro atoms. The van der Waals surface area contributed by atoms with Crippen LogP contribution < -0.4 is 10.6 Å². The van der Waals surface area contributed by atoms with E-state index in [1.165, 1.54) is 41.4 Å². The minimum atomic E-state index is -0.410. The van der Waals surface area contributed by atoms with Crippen LogP contribution in [0.5, 0.6) is 0 Å². The van der Waals surface area contributed by atoms with Gasteiger partial charge in [0, 0.05) is 36.0 Å². The molecule has 0 atom stereocenters. The van der Waals surface area contributed by atoms with E-state index in [-0.39, 0.29) is 29.0 Å². The molecule has 3 aromatic rings. The summed E-state index contributed by atoms with van der Waals surface area (Å²) in [7, 11) is 0. The van der Waals surface area contributed by atoms with Gasteiger partial charge in [-0.25, -0.2) is 4.98 Å². The van der Waals surface area contributed by atoms with Gasteiger partial charge in [-0.1, -0.05) is 24.3 Å². The van der Waals surface area contributed by atoms with Gasteiger partial charge in [-0.05, 0) is 37.6 Å². The van der Waals surface area contributed by atoms with Crippen LogP contribution in [0.15, 0.2) is 47.8 Å². The van der Waals surface area contributed by atoms with Crippen LogP contribution in [0.25, 0.3) is 11.3 Å². The molecule has 0 bridgehead atoms. The molecule has 4 rings (SSSR count). The Kier molecular flexibility index (Phi) is 6.06. The number of nitrogens with zero attached hydrogens (tertiary/aromatic N) is 2. The lowest BCUT2D eigenvalue weighted by molar-refractivity contribution is -0.119. The van der Waals surface area contributed by atoms with Crippen molar-refractivity contribution in [3.05, 3.63) is 70.1 Å². The molecule has 168 valence electrons. The summed E-state index contributed by atoms with van der Waals surface area (Å²) < 4.78 is 0. The van der Waals surface area contributed by atoms with Crippen molar-refractivity contribution in [3.63, 3.8) is 0 Å². The first-order valence-electron chi connectivity index (χ1n) is 10.4. The lowest BCUT2D eigenvalue weighted by Crippen LogP contribution is -2.35. The van der Waals surface area contributed by atoms with Gasteiger partial charge in [0.15, 0.2) is 5.13 Å². The molecule has 4 amide bonds. The Morgan fingerprint density at radius 3 is 2.39 bits per heavy atom. The topological polar surface area (TPSA) is 108 Å². The van der Waals surface area contributed by atoms with Gasteiger partial charge in [0.25, 0.3) is 17.7 Å². The first-order valence-corrected chi connectivity index (χ1v) is 11.2. The van der Waals surface area contributed by atoms with Gasteiger partial charge in [-0.15, -0.1) is 11.3 Å². The zero-order valence-corrected chi connectivity index (χ0v) is 19.2. The average molecular weight is 463 g/mol. The lowest BCUT2D eigenvalue weighted by Gasteiger charge is -2.17. The Morgan fingerprint density at radius 2 is 1.73 bits per heavy atom. The van der Waals surface area contributed by atoms with E-state index in [0.717, 1.165) is 11.1 Å². The van der Waals surface area contributed by atoms with E-state index in [0.29, 0.717) is 22.9 Å². The van der Waals surface area contributed by atoms with Gasteiger partial charge in [-0.2, -0.15) is 0 Å². The summed E-state index contributed by atoms with van der Waals surface area (Å²) in [6, 6.07) is 11.9. The van der Waals surface area contributed by atoms with Crippen molar-refractivity contribution < 1.29 is 19.2 Å². The normalized spacial score (nSPS) is 12.8. The average Bonchev–Trinajstić information content (AvgIpc) is 3.35. The third-order valence-corrected chi connectivity index (χ3v) is 5.97.